The van der Waals surface area contributed by atoms with E-state index in [-0.39, 0.29) is 24.0 Å². The third-order valence-corrected chi connectivity index (χ3v) is 4.01. The maximum absolute atomic E-state index is 5.31. The van der Waals surface area contributed by atoms with Crippen molar-refractivity contribution in [2.24, 2.45) is 16.8 Å². The zero-order valence-electron chi connectivity index (χ0n) is 13.1. The van der Waals surface area contributed by atoms with Crippen molar-refractivity contribution < 1.29 is 4.42 Å². The van der Waals surface area contributed by atoms with E-state index < -0.39 is 0 Å². The van der Waals surface area contributed by atoms with E-state index in [0.29, 0.717) is 6.54 Å². The minimum atomic E-state index is 0. The Bertz CT molecular complexity index is 398. The second kappa shape index (κ2) is 10.1. The Hall–Kier alpha value is -0.720. The molecule has 1 saturated carbocycles. The van der Waals surface area contributed by atoms with Gasteiger partial charge in [-0.05, 0) is 43.7 Å². The summed E-state index contributed by atoms with van der Waals surface area (Å²) in [5.41, 5.74) is 0. The summed E-state index contributed by atoms with van der Waals surface area (Å²) in [7, 11) is 0. The van der Waals surface area contributed by atoms with Crippen molar-refractivity contribution in [3.8, 4) is 0 Å². The normalized spacial score (nSPS) is 22.5. The maximum atomic E-state index is 5.31. The fourth-order valence-corrected chi connectivity index (χ4v) is 2.68. The highest BCUT2D eigenvalue weighted by molar-refractivity contribution is 14.0. The fraction of sp³-hybridized carbons (Fsp3) is 0.688. The molecule has 0 aromatic carbocycles. The van der Waals surface area contributed by atoms with Crippen LogP contribution in [0.4, 0.5) is 0 Å². The molecule has 1 aromatic rings. The highest BCUT2D eigenvalue weighted by atomic mass is 127. The van der Waals surface area contributed by atoms with Crippen molar-refractivity contribution in [3.05, 3.63) is 24.2 Å². The Kier molecular flexibility index (Phi) is 8.80. The van der Waals surface area contributed by atoms with E-state index in [1.165, 1.54) is 25.7 Å². The predicted octanol–water partition coefficient (Wildman–Crippen LogP) is 3.78. The largest absolute Gasteiger partial charge is 0.467 e. The summed E-state index contributed by atoms with van der Waals surface area (Å²) in [5, 5.41) is 6.76. The summed E-state index contributed by atoms with van der Waals surface area (Å²) >= 11 is 0. The van der Waals surface area contributed by atoms with Gasteiger partial charge in [0.1, 0.15) is 12.3 Å². The molecule has 21 heavy (non-hydrogen) atoms. The van der Waals surface area contributed by atoms with Gasteiger partial charge in [0.05, 0.1) is 6.26 Å². The lowest BCUT2D eigenvalue weighted by atomic mass is 9.83. The van der Waals surface area contributed by atoms with Crippen LogP contribution in [0.5, 0.6) is 0 Å². The number of rotatable bonds is 5. The first-order valence-corrected chi connectivity index (χ1v) is 7.82. The van der Waals surface area contributed by atoms with Crippen LogP contribution in [0.2, 0.25) is 0 Å². The lowest BCUT2D eigenvalue weighted by molar-refractivity contribution is 0.289. The van der Waals surface area contributed by atoms with E-state index in [4.69, 9.17) is 4.42 Å². The summed E-state index contributed by atoms with van der Waals surface area (Å²) in [5.74, 6) is 3.49. The molecule has 2 N–H and O–H groups in total. The SMILES string of the molecule is CCNC(=NCc1ccco1)NCC1CCC(C)CC1.I. The second-order valence-corrected chi connectivity index (χ2v) is 5.78. The first kappa shape index (κ1) is 18.3. The van der Waals surface area contributed by atoms with Crippen LogP contribution in [0.15, 0.2) is 27.8 Å². The zero-order chi connectivity index (χ0) is 14.2. The maximum Gasteiger partial charge on any atom is 0.191 e. The molecule has 1 aromatic heterocycles. The molecule has 0 amide bonds. The number of nitrogens with zero attached hydrogens (tertiary/aromatic N) is 1. The first-order valence-electron chi connectivity index (χ1n) is 7.82. The lowest BCUT2D eigenvalue weighted by Crippen LogP contribution is -2.40. The Balaban J connectivity index is 0.00000220. The fourth-order valence-electron chi connectivity index (χ4n) is 2.68. The molecular weight excluding hydrogens is 377 g/mol. The van der Waals surface area contributed by atoms with Crippen molar-refractivity contribution in [2.45, 2.75) is 46.1 Å². The van der Waals surface area contributed by atoms with Gasteiger partial charge in [0, 0.05) is 13.1 Å². The average molecular weight is 405 g/mol. The monoisotopic (exact) mass is 405 g/mol. The predicted molar refractivity (Wildman–Crippen MR) is 98.1 cm³/mol. The van der Waals surface area contributed by atoms with E-state index in [2.05, 4.69) is 29.5 Å². The third-order valence-electron chi connectivity index (χ3n) is 4.01. The number of furan rings is 1. The Labute approximate surface area is 145 Å². The molecule has 1 aliphatic rings. The van der Waals surface area contributed by atoms with Crippen molar-refractivity contribution in [3.63, 3.8) is 0 Å². The second-order valence-electron chi connectivity index (χ2n) is 5.78. The molecule has 0 aliphatic heterocycles. The molecule has 120 valence electrons. The highest BCUT2D eigenvalue weighted by Gasteiger charge is 2.18. The standard InChI is InChI=1S/C16H27N3O.HI/c1-3-17-16(19-12-15-5-4-10-20-15)18-11-14-8-6-13(2)7-9-14;/h4-5,10,13-14H,3,6-9,11-12H2,1-2H3,(H2,17,18,19);1H. The van der Waals surface area contributed by atoms with Crippen LogP contribution in [0.1, 0.15) is 45.3 Å². The van der Waals surface area contributed by atoms with Crippen LogP contribution in [0.25, 0.3) is 0 Å². The van der Waals surface area contributed by atoms with Crippen molar-refractivity contribution in [1.82, 2.24) is 10.6 Å². The van der Waals surface area contributed by atoms with Gasteiger partial charge in [0.2, 0.25) is 0 Å². The molecule has 0 saturated heterocycles. The summed E-state index contributed by atoms with van der Waals surface area (Å²) in [6.07, 6.45) is 7.10. The quantitative estimate of drug-likeness (QED) is 0.446. The number of aliphatic imine (C=N–C) groups is 1. The minimum absolute atomic E-state index is 0. The molecular formula is C16H28IN3O. The zero-order valence-corrected chi connectivity index (χ0v) is 15.4. The van der Waals surface area contributed by atoms with Gasteiger partial charge in [0.25, 0.3) is 0 Å². The summed E-state index contributed by atoms with van der Waals surface area (Å²) in [6, 6.07) is 3.85. The minimum Gasteiger partial charge on any atom is -0.467 e. The molecule has 0 radical (unpaired) electrons. The van der Waals surface area contributed by atoms with Gasteiger partial charge >= 0.3 is 0 Å². The van der Waals surface area contributed by atoms with Gasteiger partial charge in [-0.2, -0.15) is 0 Å². The summed E-state index contributed by atoms with van der Waals surface area (Å²) < 4.78 is 5.31. The van der Waals surface area contributed by atoms with Gasteiger partial charge in [-0.15, -0.1) is 24.0 Å². The number of hydrogen-bond donors (Lipinski definition) is 2. The average Bonchev–Trinajstić information content (AvgIpc) is 2.97. The summed E-state index contributed by atoms with van der Waals surface area (Å²) in [4.78, 5) is 4.56. The highest BCUT2D eigenvalue weighted by Crippen LogP contribution is 2.27. The molecule has 0 atom stereocenters. The van der Waals surface area contributed by atoms with Gasteiger partial charge < -0.3 is 15.1 Å². The van der Waals surface area contributed by atoms with Crippen molar-refractivity contribution >= 4 is 29.9 Å². The number of halogens is 1. The molecule has 1 aliphatic carbocycles. The van der Waals surface area contributed by atoms with Gasteiger partial charge in [0.15, 0.2) is 5.96 Å². The molecule has 1 heterocycles. The van der Waals surface area contributed by atoms with Crippen LogP contribution in [0, 0.1) is 11.8 Å². The van der Waals surface area contributed by atoms with E-state index in [0.717, 1.165) is 36.6 Å². The Morgan fingerprint density at radius 2 is 2.05 bits per heavy atom. The van der Waals surface area contributed by atoms with Crippen molar-refractivity contribution in [2.75, 3.05) is 13.1 Å². The molecule has 4 nitrogen and oxygen atoms in total. The van der Waals surface area contributed by atoms with E-state index >= 15 is 0 Å². The Morgan fingerprint density at radius 1 is 1.29 bits per heavy atom. The molecule has 0 unspecified atom stereocenters. The smallest absolute Gasteiger partial charge is 0.191 e. The van der Waals surface area contributed by atoms with Gasteiger partial charge in [-0.3, -0.25) is 0 Å². The van der Waals surface area contributed by atoms with Gasteiger partial charge in [-0.25, -0.2) is 4.99 Å². The number of guanidine groups is 1. The number of nitrogens with one attached hydrogen (secondary N) is 2. The van der Waals surface area contributed by atoms with E-state index in [1.807, 2.05) is 12.1 Å². The van der Waals surface area contributed by atoms with Crippen molar-refractivity contribution in [1.29, 1.82) is 0 Å². The summed E-state index contributed by atoms with van der Waals surface area (Å²) in [6.45, 7) is 6.94. The molecule has 2 rings (SSSR count). The van der Waals surface area contributed by atoms with Crippen LogP contribution in [-0.2, 0) is 6.54 Å². The van der Waals surface area contributed by atoms with E-state index in [9.17, 15) is 0 Å². The van der Waals surface area contributed by atoms with E-state index in [1.54, 1.807) is 6.26 Å². The van der Waals surface area contributed by atoms with Crippen LogP contribution in [0.3, 0.4) is 0 Å². The Morgan fingerprint density at radius 3 is 2.67 bits per heavy atom. The lowest BCUT2D eigenvalue weighted by Gasteiger charge is -2.26. The molecule has 1 fully saturated rings. The van der Waals surface area contributed by atoms with Crippen LogP contribution >= 0.6 is 24.0 Å². The molecule has 0 bridgehead atoms. The van der Waals surface area contributed by atoms with Crippen LogP contribution in [-0.4, -0.2) is 19.0 Å². The third kappa shape index (κ3) is 6.72. The molecule has 0 spiro atoms. The number of hydrogen-bond acceptors (Lipinski definition) is 2. The van der Waals surface area contributed by atoms with Gasteiger partial charge in [-0.1, -0.05) is 19.8 Å². The van der Waals surface area contributed by atoms with Crippen LogP contribution < -0.4 is 10.6 Å². The topological polar surface area (TPSA) is 49.6 Å². The molecule has 5 heteroatoms. The first-order chi connectivity index (χ1) is 9.78.